The van der Waals surface area contributed by atoms with Crippen molar-refractivity contribution in [3.63, 3.8) is 0 Å². The molecule has 2 amide bonds. The van der Waals surface area contributed by atoms with Crippen molar-refractivity contribution < 1.29 is 19.1 Å². The maximum Gasteiger partial charge on any atom is 0.262 e. The average molecular weight is 377 g/mol. The van der Waals surface area contributed by atoms with Gasteiger partial charge in [0.05, 0.1) is 17.8 Å². The number of ether oxygens (including phenoxy) is 2. The quantitative estimate of drug-likeness (QED) is 0.775. The lowest BCUT2D eigenvalue weighted by molar-refractivity contribution is -0.118. The van der Waals surface area contributed by atoms with Crippen LogP contribution < -0.4 is 20.1 Å². The van der Waals surface area contributed by atoms with Crippen LogP contribution in [0.2, 0.25) is 5.02 Å². The first kappa shape index (κ1) is 19.6. The monoisotopic (exact) mass is 376 g/mol. The fourth-order valence-corrected chi connectivity index (χ4v) is 2.28. The summed E-state index contributed by atoms with van der Waals surface area (Å²) in [6, 6.07) is 11.6. The smallest absolute Gasteiger partial charge is 0.262 e. The molecular formula is C19H21ClN2O4. The predicted molar refractivity (Wildman–Crippen MR) is 101 cm³/mol. The summed E-state index contributed by atoms with van der Waals surface area (Å²) in [5, 5.41) is 5.77. The second-order valence-electron chi connectivity index (χ2n) is 5.84. The van der Waals surface area contributed by atoms with Crippen molar-refractivity contribution in [2.24, 2.45) is 0 Å². The van der Waals surface area contributed by atoms with Crippen LogP contribution >= 0.6 is 11.6 Å². The maximum absolute atomic E-state index is 12.1. The normalized spacial score (nSPS) is 10.3. The minimum absolute atomic E-state index is 0.00844. The van der Waals surface area contributed by atoms with Crippen molar-refractivity contribution in [1.82, 2.24) is 5.32 Å². The fourth-order valence-electron chi connectivity index (χ4n) is 2.11. The van der Waals surface area contributed by atoms with E-state index in [1.54, 1.807) is 43.5 Å². The first-order chi connectivity index (χ1) is 12.4. The van der Waals surface area contributed by atoms with Gasteiger partial charge in [-0.25, -0.2) is 0 Å². The van der Waals surface area contributed by atoms with E-state index in [0.717, 1.165) is 0 Å². The van der Waals surface area contributed by atoms with E-state index in [1.807, 2.05) is 13.8 Å². The number of carbonyl (C=O) groups is 2. The van der Waals surface area contributed by atoms with Gasteiger partial charge in [0.1, 0.15) is 11.5 Å². The van der Waals surface area contributed by atoms with Gasteiger partial charge in [0.25, 0.3) is 11.8 Å². The molecule has 0 radical (unpaired) electrons. The van der Waals surface area contributed by atoms with Crippen LogP contribution in [0.25, 0.3) is 0 Å². The molecule has 0 aromatic heterocycles. The van der Waals surface area contributed by atoms with Gasteiger partial charge in [0, 0.05) is 11.6 Å². The highest BCUT2D eigenvalue weighted by Crippen LogP contribution is 2.23. The van der Waals surface area contributed by atoms with Crippen molar-refractivity contribution in [3.8, 4) is 11.5 Å². The van der Waals surface area contributed by atoms with Crippen LogP contribution in [0.3, 0.4) is 0 Å². The predicted octanol–water partition coefficient (Wildman–Crippen LogP) is 3.50. The SMILES string of the molecule is COc1ccc(OCC(=O)Nc2cc(C(=O)NC(C)C)ccc2Cl)cc1. The molecule has 7 heteroatoms. The molecule has 2 aromatic carbocycles. The number of methoxy groups -OCH3 is 1. The van der Waals surface area contributed by atoms with Crippen molar-refractivity contribution >= 4 is 29.1 Å². The molecule has 0 aliphatic rings. The first-order valence-corrected chi connectivity index (χ1v) is 8.44. The molecule has 0 fully saturated rings. The molecule has 2 N–H and O–H groups in total. The molecule has 0 saturated carbocycles. The summed E-state index contributed by atoms with van der Waals surface area (Å²) in [7, 11) is 1.57. The zero-order chi connectivity index (χ0) is 19.1. The van der Waals surface area contributed by atoms with Crippen molar-refractivity contribution in [2.45, 2.75) is 19.9 Å². The van der Waals surface area contributed by atoms with E-state index in [4.69, 9.17) is 21.1 Å². The molecule has 0 atom stereocenters. The third kappa shape index (κ3) is 5.67. The van der Waals surface area contributed by atoms with E-state index in [0.29, 0.717) is 27.8 Å². The van der Waals surface area contributed by atoms with Gasteiger partial charge in [0.2, 0.25) is 0 Å². The number of nitrogens with one attached hydrogen (secondary N) is 2. The number of hydrogen-bond acceptors (Lipinski definition) is 4. The minimum atomic E-state index is -0.385. The molecule has 2 aromatic rings. The third-order valence-electron chi connectivity index (χ3n) is 3.35. The van der Waals surface area contributed by atoms with Gasteiger partial charge in [0.15, 0.2) is 6.61 Å². The summed E-state index contributed by atoms with van der Waals surface area (Å²) in [5.41, 5.74) is 0.765. The van der Waals surface area contributed by atoms with E-state index in [-0.39, 0.29) is 24.5 Å². The van der Waals surface area contributed by atoms with Crippen molar-refractivity contribution in [3.05, 3.63) is 53.1 Å². The second kappa shape index (κ2) is 9.10. The number of carbonyl (C=O) groups excluding carboxylic acids is 2. The Balaban J connectivity index is 1.97. The Kier molecular flexibility index (Phi) is 6.86. The topological polar surface area (TPSA) is 76.7 Å². The zero-order valence-electron chi connectivity index (χ0n) is 14.8. The Hall–Kier alpha value is -2.73. The van der Waals surface area contributed by atoms with Crippen LogP contribution in [-0.4, -0.2) is 31.6 Å². The first-order valence-electron chi connectivity index (χ1n) is 8.06. The van der Waals surface area contributed by atoms with Gasteiger partial charge >= 0.3 is 0 Å². The van der Waals surface area contributed by atoms with Crippen LogP contribution in [0.4, 0.5) is 5.69 Å². The van der Waals surface area contributed by atoms with Gasteiger partial charge in [-0.05, 0) is 56.3 Å². The summed E-state index contributed by atoms with van der Waals surface area (Å²) in [4.78, 5) is 24.2. The highest BCUT2D eigenvalue weighted by atomic mass is 35.5. The van der Waals surface area contributed by atoms with Crippen molar-refractivity contribution in [2.75, 3.05) is 19.0 Å². The fraction of sp³-hybridized carbons (Fsp3) is 0.263. The standard InChI is InChI=1S/C19H21ClN2O4/c1-12(2)21-19(24)13-4-9-16(20)17(10-13)22-18(23)11-26-15-7-5-14(25-3)6-8-15/h4-10,12H,11H2,1-3H3,(H,21,24)(H,22,23). The number of benzene rings is 2. The lowest BCUT2D eigenvalue weighted by Gasteiger charge is -2.12. The molecule has 0 aliphatic heterocycles. The second-order valence-corrected chi connectivity index (χ2v) is 6.24. The summed E-state index contributed by atoms with van der Waals surface area (Å²) in [5.74, 6) is 0.618. The summed E-state index contributed by atoms with van der Waals surface area (Å²) >= 11 is 6.10. The lowest BCUT2D eigenvalue weighted by atomic mass is 10.1. The third-order valence-corrected chi connectivity index (χ3v) is 3.68. The van der Waals surface area contributed by atoms with E-state index < -0.39 is 0 Å². The number of rotatable bonds is 7. The lowest BCUT2D eigenvalue weighted by Crippen LogP contribution is -2.30. The molecule has 0 unspecified atom stereocenters. The molecule has 26 heavy (non-hydrogen) atoms. The van der Waals surface area contributed by atoms with E-state index in [2.05, 4.69) is 10.6 Å². The summed E-state index contributed by atoms with van der Waals surface area (Å²) < 4.78 is 10.5. The largest absolute Gasteiger partial charge is 0.497 e. The van der Waals surface area contributed by atoms with E-state index in [9.17, 15) is 9.59 Å². The Bertz CT molecular complexity index is 776. The Morgan fingerprint density at radius 2 is 1.73 bits per heavy atom. The molecule has 0 saturated heterocycles. The molecule has 6 nitrogen and oxygen atoms in total. The molecule has 138 valence electrons. The molecule has 0 spiro atoms. The van der Waals surface area contributed by atoms with Gasteiger partial charge in [-0.2, -0.15) is 0 Å². The highest BCUT2D eigenvalue weighted by Gasteiger charge is 2.12. The number of hydrogen-bond donors (Lipinski definition) is 2. The van der Waals surface area contributed by atoms with Gasteiger partial charge in [-0.3, -0.25) is 9.59 Å². The number of halogens is 1. The molecular weight excluding hydrogens is 356 g/mol. The number of amides is 2. The minimum Gasteiger partial charge on any atom is -0.497 e. The number of anilines is 1. The Morgan fingerprint density at radius 3 is 2.35 bits per heavy atom. The summed E-state index contributed by atoms with van der Waals surface area (Å²) in [6.07, 6.45) is 0. The Morgan fingerprint density at radius 1 is 1.08 bits per heavy atom. The highest BCUT2D eigenvalue weighted by molar-refractivity contribution is 6.33. The zero-order valence-corrected chi connectivity index (χ0v) is 15.6. The van der Waals surface area contributed by atoms with Crippen LogP contribution in [0.5, 0.6) is 11.5 Å². The van der Waals surface area contributed by atoms with Crippen molar-refractivity contribution in [1.29, 1.82) is 0 Å². The van der Waals surface area contributed by atoms with Gasteiger partial charge < -0.3 is 20.1 Å². The average Bonchev–Trinajstić information content (AvgIpc) is 2.61. The van der Waals surface area contributed by atoms with E-state index >= 15 is 0 Å². The van der Waals surface area contributed by atoms with Crippen LogP contribution in [-0.2, 0) is 4.79 Å². The van der Waals surface area contributed by atoms with Gasteiger partial charge in [-0.1, -0.05) is 11.6 Å². The molecule has 2 rings (SSSR count). The van der Waals surface area contributed by atoms with Crippen LogP contribution in [0, 0.1) is 0 Å². The van der Waals surface area contributed by atoms with Crippen LogP contribution in [0.1, 0.15) is 24.2 Å². The molecule has 0 bridgehead atoms. The maximum atomic E-state index is 12.1. The van der Waals surface area contributed by atoms with E-state index in [1.165, 1.54) is 6.07 Å². The summed E-state index contributed by atoms with van der Waals surface area (Å²) in [6.45, 7) is 3.55. The Labute approximate surface area is 157 Å². The molecule has 0 heterocycles. The van der Waals surface area contributed by atoms with Crippen LogP contribution in [0.15, 0.2) is 42.5 Å². The molecule has 0 aliphatic carbocycles. The van der Waals surface area contributed by atoms with Gasteiger partial charge in [-0.15, -0.1) is 0 Å².